The van der Waals surface area contributed by atoms with Crippen LogP contribution in [0.3, 0.4) is 0 Å². The van der Waals surface area contributed by atoms with Crippen molar-refractivity contribution in [3.63, 3.8) is 0 Å². The molecule has 27 heavy (non-hydrogen) atoms. The second-order valence-electron chi connectivity index (χ2n) is 7.27. The van der Waals surface area contributed by atoms with E-state index in [9.17, 15) is 9.59 Å². The zero-order chi connectivity index (χ0) is 18.4. The maximum Gasteiger partial charge on any atom is 0.313 e. The van der Waals surface area contributed by atoms with Crippen molar-refractivity contribution in [1.29, 1.82) is 0 Å². The topological polar surface area (TPSA) is 55.8 Å². The van der Waals surface area contributed by atoms with Crippen LogP contribution in [0.15, 0.2) is 60.0 Å². The van der Waals surface area contributed by atoms with Crippen LogP contribution in [0.25, 0.3) is 0 Å². The fourth-order valence-electron chi connectivity index (χ4n) is 4.40. The number of amides is 1. The van der Waals surface area contributed by atoms with Gasteiger partial charge in [0.15, 0.2) is 0 Å². The molecule has 2 bridgehead atoms. The zero-order valence-corrected chi connectivity index (χ0v) is 15.4. The Hall–Kier alpha value is -2.44. The van der Waals surface area contributed by atoms with Crippen LogP contribution in [0.1, 0.15) is 10.4 Å². The third kappa shape index (κ3) is 2.71. The molecule has 3 aliphatic rings. The number of nitrogens with zero attached hydrogens (tertiary/aromatic N) is 1. The lowest BCUT2D eigenvalue weighted by Gasteiger charge is -2.22. The lowest BCUT2D eigenvalue weighted by molar-refractivity contribution is -0.155. The second-order valence-corrected chi connectivity index (χ2v) is 8.30. The molecule has 0 saturated carbocycles. The van der Waals surface area contributed by atoms with Crippen molar-refractivity contribution in [1.82, 2.24) is 4.90 Å². The van der Waals surface area contributed by atoms with Crippen LogP contribution in [-0.4, -0.2) is 35.0 Å². The smallest absolute Gasteiger partial charge is 0.313 e. The van der Waals surface area contributed by atoms with E-state index in [4.69, 9.17) is 9.47 Å². The van der Waals surface area contributed by atoms with Gasteiger partial charge in [-0.05, 0) is 17.0 Å². The van der Waals surface area contributed by atoms with Crippen LogP contribution >= 0.6 is 11.3 Å². The summed E-state index contributed by atoms with van der Waals surface area (Å²) < 4.78 is 11.7. The molecular weight excluding hydrogens is 362 g/mol. The van der Waals surface area contributed by atoms with Gasteiger partial charge in [-0.25, -0.2) is 0 Å². The third-order valence-electron chi connectivity index (χ3n) is 5.60. The lowest BCUT2D eigenvalue weighted by Crippen LogP contribution is -2.39. The molecule has 1 aromatic carbocycles. The number of esters is 1. The molecule has 0 aliphatic carbocycles. The zero-order valence-electron chi connectivity index (χ0n) is 14.6. The number of carbonyl (C=O) groups is 2. The van der Waals surface area contributed by atoms with Crippen LogP contribution in [0.2, 0.25) is 0 Å². The molecule has 0 N–H and O–H groups in total. The van der Waals surface area contributed by atoms with Crippen molar-refractivity contribution < 1.29 is 19.1 Å². The summed E-state index contributed by atoms with van der Waals surface area (Å²) in [5.41, 5.74) is 0.243. The minimum atomic E-state index is -0.685. The molecule has 1 unspecified atom stereocenters. The van der Waals surface area contributed by atoms with E-state index in [1.807, 2.05) is 60.0 Å². The summed E-state index contributed by atoms with van der Waals surface area (Å²) in [6.45, 7) is 1.26. The highest BCUT2D eigenvalue weighted by atomic mass is 32.1. The third-order valence-corrected chi connectivity index (χ3v) is 6.46. The lowest BCUT2D eigenvalue weighted by atomic mass is 9.77. The largest absolute Gasteiger partial charge is 0.460 e. The summed E-state index contributed by atoms with van der Waals surface area (Å²) in [5, 5.41) is 2.00. The van der Waals surface area contributed by atoms with Crippen molar-refractivity contribution in [2.75, 3.05) is 6.54 Å². The Morgan fingerprint density at radius 1 is 1.26 bits per heavy atom. The van der Waals surface area contributed by atoms with Gasteiger partial charge in [0.25, 0.3) is 0 Å². The predicted octanol–water partition coefficient (Wildman–Crippen LogP) is 2.77. The maximum absolute atomic E-state index is 13.1. The first-order chi connectivity index (χ1) is 13.2. The van der Waals surface area contributed by atoms with Crippen LogP contribution in [-0.2, 0) is 32.2 Å². The van der Waals surface area contributed by atoms with Gasteiger partial charge in [-0.2, -0.15) is 0 Å². The number of benzene rings is 1. The normalized spacial score (nSPS) is 30.7. The Kier molecular flexibility index (Phi) is 3.91. The quantitative estimate of drug-likeness (QED) is 0.590. The summed E-state index contributed by atoms with van der Waals surface area (Å²) in [6.07, 6.45) is 3.51. The van der Waals surface area contributed by atoms with E-state index in [1.165, 1.54) is 0 Å². The van der Waals surface area contributed by atoms with E-state index >= 15 is 0 Å². The minimum absolute atomic E-state index is 0.0167. The molecule has 3 aliphatic heterocycles. The molecule has 2 aromatic rings. The van der Waals surface area contributed by atoms with Gasteiger partial charge >= 0.3 is 5.97 Å². The molecule has 2 fully saturated rings. The van der Waals surface area contributed by atoms with E-state index in [-0.39, 0.29) is 24.6 Å². The number of hydrogen-bond donors (Lipinski definition) is 0. The first-order valence-electron chi connectivity index (χ1n) is 9.05. The van der Waals surface area contributed by atoms with E-state index in [0.29, 0.717) is 13.1 Å². The highest BCUT2D eigenvalue weighted by Gasteiger charge is 2.67. The van der Waals surface area contributed by atoms with Gasteiger partial charge in [0.1, 0.15) is 18.1 Å². The molecule has 1 spiro atoms. The van der Waals surface area contributed by atoms with Crippen molar-refractivity contribution in [3.05, 3.63) is 70.4 Å². The van der Waals surface area contributed by atoms with Crippen LogP contribution in [0.5, 0.6) is 0 Å². The Balaban J connectivity index is 1.33. The van der Waals surface area contributed by atoms with Gasteiger partial charge < -0.3 is 14.4 Å². The number of likely N-dealkylation sites (tertiary alicyclic amines) is 1. The van der Waals surface area contributed by atoms with Gasteiger partial charge in [-0.1, -0.05) is 48.6 Å². The molecular formula is C21H19NO4S. The van der Waals surface area contributed by atoms with Crippen LogP contribution < -0.4 is 0 Å². The molecule has 2 saturated heterocycles. The van der Waals surface area contributed by atoms with Gasteiger partial charge in [0, 0.05) is 4.88 Å². The highest BCUT2D eigenvalue weighted by Crippen LogP contribution is 2.52. The molecule has 4 atom stereocenters. The molecule has 5 nitrogen and oxygen atoms in total. The highest BCUT2D eigenvalue weighted by molar-refractivity contribution is 7.09. The van der Waals surface area contributed by atoms with E-state index in [1.54, 1.807) is 16.2 Å². The van der Waals surface area contributed by atoms with Crippen molar-refractivity contribution in [2.24, 2.45) is 11.8 Å². The average molecular weight is 381 g/mol. The number of rotatable bonds is 5. The number of ether oxygens (including phenoxy) is 2. The molecule has 138 valence electrons. The number of thiophene rings is 1. The maximum atomic E-state index is 13.1. The summed E-state index contributed by atoms with van der Waals surface area (Å²) in [5.74, 6) is -1.43. The van der Waals surface area contributed by atoms with E-state index < -0.39 is 17.4 Å². The summed E-state index contributed by atoms with van der Waals surface area (Å²) in [4.78, 5) is 28.8. The van der Waals surface area contributed by atoms with Gasteiger partial charge in [0.05, 0.1) is 25.1 Å². The predicted molar refractivity (Wildman–Crippen MR) is 99.7 cm³/mol. The van der Waals surface area contributed by atoms with Gasteiger partial charge in [-0.3, -0.25) is 9.59 Å². The molecule has 0 radical (unpaired) electrons. The standard InChI is InChI=1S/C21H19NO4S/c23-19-18-17(20(24)25-12-14-5-2-1-3-6-14)16-8-9-21(18,26-16)13-22(19)11-15-7-4-10-27-15/h1-10,16-18H,11-13H2/t16-,17?,18-,21+/m0/s1. The van der Waals surface area contributed by atoms with E-state index in [2.05, 4.69) is 0 Å². The van der Waals surface area contributed by atoms with E-state index in [0.717, 1.165) is 10.4 Å². The Morgan fingerprint density at radius 2 is 2.11 bits per heavy atom. The first kappa shape index (κ1) is 16.7. The van der Waals surface area contributed by atoms with Crippen molar-refractivity contribution >= 4 is 23.2 Å². The Labute approximate surface area is 161 Å². The monoisotopic (exact) mass is 381 g/mol. The van der Waals surface area contributed by atoms with Crippen LogP contribution in [0, 0.1) is 11.8 Å². The number of hydrogen-bond acceptors (Lipinski definition) is 5. The fraction of sp³-hybridized carbons (Fsp3) is 0.333. The Morgan fingerprint density at radius 3 is 2.89 bits per heavy atom. The minimum Gasteiger partial charge on any atom is -0.460 e. The van der Waals surface area contributed by atoms with Crippen molar-refractivity contribution in [2.45, 2.75) is 24.9 Å². The van der Waals surface area contributed by atoms with Gasteiger partial charge in [0.2, 0.25) is 5.91 Å². The molecule has 1 aromatic heterocycles. The molecule has 5 rings (SSSR count). The summed E-state index contributed by atoms with van der Waals surface area (Å²) >= 11 is 1.63. The second kappa shape index (κ2) is 6.32. The molecule has 6 heteroatoms. The SMILES string of the molecule is O=C(OCc1ccccc1)C1[C@@H]2C=C[C@]3(CN(Cc4cccs4)C(=O)[C@H]13)O2. The molecule has 4 heterocycles. The van der Waals surface area contributed by atoms with Crippen LogP contribution in [0.4, 0.5) is 0 Å². The van der Waals surface area contributed by atoms with Crippen molar-refractivity contribution in [3.8, 4) is 0 Å². The molecule has 1 amide bonds. The van der Waals surface area contributed by atoms with Gasteiger partial charge in [-0.15, -0.1) is 11.3 Å². The number of carbonyl (C=O) groups excluding carboxylic acids is 2. The average Bonchev–Trinajstić information content (AvgIpc) is 3.44. The summed E-state index contributed by atoms with van der Waals surface area (Å²) in [6, 6.07) is 13.6. The first-order valence-corrected chi connectivity index (χ1v) is 9.93. The Bertz CT molecular complexity index is 894. The number of fused-ring (bicyclic) bond motifs is 1. The fourth-order valence-corrected chi connectivity index (χ4v) is 5.12. The summed E-state index contributed by atoms with van der Waals surface area (Å²) in [7, 11) is 0.